The van der Waals surface area contributed by atoms with Crippen molar-refractivity contribution in [1.29, 1.82) is 0 Å². The zero-order valence-electron chi connectivity index (χ0n) is 15.5. The van der Waals surface area contributed by atoms with E-state index in [2.05, 4.69) is 16.0 Å². The molecule has 0 aliphatic rings. The van der Waals surface area contributed by atoms with Crippen molar-refractivity contribution in [2.45, 2.75) is 76.9 Å². The fourth-order valence-corrected chi connectivity index (χ4v) is 2.94. The average molecular weight is 365 g/mol. The van der Waals surface area contributed by atoms with Crippen molar-refractivity contribution in [3.63, 3.8) is 0 Å². The lowest BCUT2D eigenvalue weighted by atomic mass is 10.1. The molecule has 144 valence electrons. The molecule has 0 amide bonds. The van der Waals surface area contributed by atoms with Crippen LogP contribution < -0.4 is 5.73 Å². The van der Waals surface area contributed by atoms with E-state index >= 15 is 0 Å². The van der Waals surface area contributed by atoms with E-state index < -0.39 is 20.0 Å². The number of phosphoric acid groups is 1. The van der Waals surface area contributed by atoms with E-state index in [1.165, 1.54) is 59.2 Å². The fraction of sp³-hybridized carbons (Fsp3) is 0.882. The van der Waals surface area contributed by atoms with Crippen LogP contribution in [0.2, 0.25) is 0 Å². The van der Waals surface area contributed by atoms with Gasteiger partial charge in [0.25, 0.3) is 0 Å². The zero-order chi connectivity index (χ0) is 18.3. The Morgan fingerprint density at radius 2 is 1.58 bits per heavy atom. The first-order chi connectivity index (χ1) is 11.5. The summed E-state index contributed by atoms with van der Waals surface area (Å²) in [5, 5.41) is 9.92. The van der Waals surface area contributed by atoms with Crippen molar-refractivity contribution >= 4 is 7.82 Å². The lowest BCUT2D eigenvalue weighted by Crippen LogP contribution is -2.37. The van der Waals surface area contributed by atoms with Gasteiger partial charge < -0.3 is 10.8 Å². The maximum absolute atomic E-state index is 11.7. The molecule has 0 aliphatic carbocycles. The maximum atomic E-state index is 11.7. The van der Waals surface area contributed by atoms with Crippen molar-refractivity contribution in [1.82, 2.24) is 0 Å². The number of unbranched alkanes of at least 4 members (excludes halogenated alkanes) is 8. The van der Waals surface area contributed by atoms with Crippen molar-refractivity contribution < 1.29 is 23.2 Å². The summed E-state index contributed by atoms with van der Waals surface area (Å²) < 4.78 is 26.0. The molecular weight excluding hydrogens is 329 g/mol. The van der Waals surface area contributed by atoms with Gasteiger partial charge in [0.2, 0.25) is 0 Å². The number of aliphatic hydroxyl groups is 1. The SMILES string of the molecule is CCCCCCCCCC/C=C/[C@H](O)[C@@H](N)COP(=O)(OC)OC. The maximum Gasteiger partial charge on any atom is 0.474 e. The molecule has 0 rings (SSSR count). The van der Waals surface area contributed by atoms with Gasteiger partial charge >= 0.3 is 7.82 Å². The van der Waals surface area contributed by atoms with Gasteiger partial charge in [-0.1, -0.05) is 64.0 Å². The van der Waals surface area contributed by atoms with Crippen molar-refractivity contribution in [3.05, 3.63) is 12.2 Å². The van der Waals surface area contributed by atoms with Crippen LogP contribution in [-0.2, 0) is 18.1 Å². The minimum absolute atomic E-state index is 0.109. The number of aliphatic hydroxyl groups excluding tert-OH is 1. The van der Waals surface area contributed by atoms with Gasteiger partial charge in [-0.2, -0.15) is 0 Å². The number of phosphoric ester groups is 1. The van der Waals surface area contributed by atoms with Gasteiger partial charge in [0.15, 0.2) is 0 Å². The molecule has 0 bridgehead atoms. The normalized spacial score (nSPS) is 15.0. The van der Waals surface area contributed by atoms with E-state index in [0.29, 0.717) is 0 Å². The molecule has 3 N–H and O–H groups in total. The van der Waals surface area contributed by atoms with E-state index in [4.69, 9.17) is 10.3 Å². The van der Waals surface area contributed by atoms with Crippen LogP contribution in [0.5, 0.6) is 0 Å². The summed E-state index contributed by atoms with van der Waals surface area (Å²) in [5.74, 6) is 0. The topological polar surface area (TPSA) is 91.0 Å². The standard InChI is InChI=1S/C17H36NO5P/c1-4-5-6-7-8-9-10-11-12-13-14-17(19)16(18)15-23-24(20,21-2)22-3/h13-14,16-17,19H,4-12,15,18H2,1-3H3/b14-13+/t16-,17-/m0/s1. The predicted molar refractivity (Wildman–Crippen MR) is 97.9 cm³/mol. The molecule has 2 atom stereocenters. The third-order valence-electron chi connectivity index (χ3n) is 3.87. The fourth-order valence-electron chi connectivity index (χ4n) is 2.23. The van der Waals surface area contributed by atoms with Crippen LogP contribution in [-0.4, -0.2) is 38.1 Å². The molecule has 0 spiro atoms. The Hall–Kier alpha value is -0.230. The van der Waals surface area contributed by atoms with Gasteiger partial charge in [-0.05, 0) is 12.8 Å². The first-order valence-electron chi connectivity index (χ1n) is 8.95. The van der Waals surface area contributed by atoms with E-state index in [9.17, 15) is 9.67 Å². The average Bonchev–Trinajstić information content (AvgIpc) is 2.60. The van der Waals surface area contributed by atoms with Crippen LogP contribution in [0, 0.1) is 0 Å². The van der Waals surface area contributed by atoms with Crippen LogP contribution in [0.1, 0.15) is 64.7 Å². The summed E-state index contributed by atoms with van der Waals surface area (Å²) in [6.07, 6.45) is 13.9. The second-order valence-electron chi connectivity index (χ2n) is 5.95. The van der Waals surface area contributed by atoms with E-state index in [1.807, 2.05) is 6.08 Å². The summed E-state index contributed by atoms with van der Waals surface area (Å²) in [4.78, 5) is 0. The highest BCUT2D eigenvalue weighted by Crippen LogP contribution is 2.47. The second-order valence-corrected chi connectivity index (χ2v) is 7.84. The largest absolute Gasteiger partial charge is 0.474 e. The molecular formula is C17H36NO5P. The molecule has 6 nitrogen and oxygen atoms in total. The highest BCUT2D eigenvalue weighted by Gasteiger charge is 2.25. The first-order valence-corrected chi connectivity index (χ1v) is 10.4. The molecule has 0 fully saturated rings. The lowest BCUT2D eigenvalue weighted by molar-refractivity contribution is 0.112. The van der Waals surface area contributed by atoms with Gasteiger partial charge in [0.1, 0.15) is 0 Å². The van der Waals surface area contributed by atoms with E-state index in [-0.39, 0.29) is 6.61 Å². The molecule has 24 heavy (non-hydrogen) atoms. The van der Waals surface area contributed by atoms with Gasteiger partial charge in [0, 0.05) is 14.2 Å². The Morgan fingerprint density at radius 3 is 2.12 bits per heavy atom. The molecule has 0 saturated carbocycles. The third kappa shape index (κ3) is 12.2. The van der Waals surface area contributed by atoms with Gasteiger partial charge in [-0.25, -0.2) is 4.57 Å². The van der Waals surface area contributed by atoms with Gasteiger partial charge in [0.05, 0.1) is 18.8 Å². The second kappa shape index (κ2) is 15.1. The highest BCUT2D eigenvalue weighted by atomic mass is 31.2. The van der Waals surface area contributed by atoms with Gasteiger partial charge in [-0.15, -0.1) is 0 Å². The van der Waals surface area contributed by atoms with Crippen LogP contribution in [0.4, 0.5) is 0 Å². The van der Waals surface area contributed by atoms with E-state index in [1.54, 1.807) is 6.08 Å². The smallest absolute Gasteiger partial charge is 0.387 e. The molecule has 0 aromatic rings. The van der Waals surface area contributed by atoms with Crippen LogP contribution in [0.3, 0.4) is 0 Å². The number of hydrogen-bond donors (Lipinski definition) is 2. The summed E-state index contributed by atoms with van der Waals surface area (Å²) >= 11 is 0. The number of rotatable bonds is 16. The molecule has 0 unspecified atom stereocenters. The lowest BCUT2D eigenvalue weighted by Gasteiger charge is -2.19. The molecule has 0 aromatic heterocycles. The third-order valence-corrected chi connectivity index (χ3v) is 5.23. The monoisotopic (exact) mass is 365 g/mol. The van der Waals surface area contributed by atoms with E-state index in [0.717, 1.165) is 12.8 Å². The minimum Gasteiger partial charge on any atom is -0.387 e. The number of hydrogen-bond acceptors (Lipinski definition) is 6. The molecule has 0 saturated heterocycles. The van der Waals surface area contributed by atoms with Crippen LogP contribution >= 0.6 is 7.82 Å². The van der Waals surface area contributed by atoms with Crippen molar-refractivity contribution in [2.75, 3.05) is 20.8 Å². The molecule has 7 heteroatoms. The quantitative estimate of drug-likeness (QED) is 0.242. The Bertz CT molecular complexity index is 357. The summed E-state index contributed by atoms with van der Waals surface area (Å²) in [6.45, 7) is 2.12. The Labute approximate surface area is 147 Å². The summed E-state index contributed by atoms with van der Waals surface area (Å²) in [5.41, 5.74) is 5.80. The van der Waals surface area contributed by atoms with Crippen LogP contribution in [0.25, 0.3) is 0 Å². The van der Waals surface area contributed by atoms with Crippen molar-refractivity contribution in [3.8, 4) is 0 Å². The van der Waals surface area contributed by atoms with Gasteiger partial charge in [-0.3, -0.25) is 13.6 Å². The number of allylic oxidation sites excluding steroid dienone is 1. The molecule has 0 heterocycles. The zero-order valence-corrected chi connectivity index (χ0v) is 16.4. The summed E-state index contributed by atoms with van der Waals surface area (Å²) in [7, 11) is -1.08. The first kappa shape index (κ1) is 23.8. The molecule has 0 aliphatic heterocycles. The minimum atomic E-state index is -3.54. The highest BCUT2D eigenvalue weighted by molar-refractivity contribution is 7.48. The summed E-state index contributed by atoms with van der Waals surface area (Å²) in [6, 6.07) is -0.682. The Morgan fingerprint density at radius 1 is 1.04 bits per heavy atom. The predicted octanol–water partition coefficient (Wildman–Crippen LogP) is 4.18. The van der Waals surface area contributed by atoms with Crippen molar-refractivity contribution in [2.24, 2.45) is 5.73 Å². The molecule has 0 radical (unpaired) electrons. The Kier molecular flexibility index (Phi) is 14.9. The van der Waals surface area contributed by atoms with Crippen LogP contribution in [0.15, 0.2) is 12.2 Å². The number of nitrogens with two attached hydrogens (primary N) is 1. The Balaban J connectivity index is 3.73. The molecule has 0 aromatic carbocycles.